The van der Waals surface area contributed by atoms with Crippen LogP contribution in [0, 0.1) is 0 Å². The second kappa shape index (κ2) is 6.83. The van der Waals surface area contributed by atoms with Crippen LogP contribution in [0.1, 0.15) is 24.1 Å². The van der Waals surface area contributed by atoms with Gasteiger partial charge in [-0.05, 0) is 38.6 Å². The Bertz CT molecular complexity index is 347. The van der Waals surface area contributed by atoms with E-state index in [1.54, 1.807) is 0 Å². The molecular formula is C14H23N3O. The summed E-state index contributed by atoms with van der Waals surface area (Å²) in [6.45, 7) is 3.58. The normalized spacial score (nSPS) is 17.3. The predicted octanol–water partition coefficient (Wildman–Crippen LogP) is 1.41. The summed E-state index contributed by atoms with van der Waals surface area (Å²) in [4.78, 5) is 6.91. The van der Waals surface area contributed by atoms with Gasteiger partial charge in [-0.25, -0.2) is 0 Å². The Morgan fingerprint density at radius 3 is 2.78 bits per heavy atom. The summed E-state index contributed by atoms with van der Waals surface area (Å²) in [6.07, 6.45) is 4.23. The maximum Gasteiger partial charge on any atom is 0.0544 e. The van der Waals surface area contributed by atoms with Crippen LogP contribution in [-0.4, -0.2) is 43.2 Å². The molecule has 18 heavy (non-hydrogen) atoms. The Kier molecular flexibility index (Phi) is 5.11. The topological polar surface area (TPSA) is 37.4 Å². The first-order valence-corrected chi connectivity index (χ1v) is 6.66. The van der Waals surface area contributed by atoms with Crippen LogP contribution in [0.15, 0.2) is 18.3 Å². The minimum absolute atomic E-state index is 0.637. The zero-order chi connectivity index (χ0) is 12.8. The number of nitrogens with one attached hydrogen (secondary N) is 1. The molecule has 1 aliphatic heterocycles. The highest BCUT2D eigenvalue weighted by atomic mass is 16.5. The molecule has 2 heterocycles. The van der Waals surface area contributed by atoms with Crippen LogP contribution in [-0.2, 0) is 17.8 Å². The molecule has 0 bridgehead atoms. The van der Waals surface area contributed by atoms with Gasteiger partial charge in [0.25, 0.3) is 0 Å². The summed E-state index contributed by atoms with van der Waals surface area (Å²) >= 11 is 0. The highest BCUT2D eigenvalue weighted by Crippen LogP contribution is 2.14. The van der Waals surface area contributed by atoms with E-state index in [0.717, 1.165) is 44.8 Å². The molecule has 0 unspecified atom stereocenters. The van der Waals surface area contributed by atoms with E-state index in [9.17, 15) is 0 Å². The molecule has 0 atom stereocenters. The molecule has 0 aromatic carbocycles. The quantitative estimate of drug-likeness (QED) is 0.856. The van der Waals surface area contributed by atoms with Gasteiger partial charge in [0.15, 0.2) is 0 Å². The third kappa shape index (κ3) is 3.77. The monoisotopic (exact) mass is 249 g/mol. The molecule has 0 radical (unpaired) electrons. The van der Waals surface area contributed by atoms with Crippen molar-refractivity contribution in [3.8, 4) is 0 Å². The van der Waals surface area contributed by atoms with E-state index in [0.29, 0.717) is 6.04 Å². The van der Waals surface area contributed by atoms with E-state index in [-0.39, 0.29) is 0 Å². The summed E-state index contributed by atoms with van der Waals surface area (Å²) < 4.78 is 5.39. The Hall–Kier alpha value is -0.970. The van der Waals surface area contributed by atoms with Crippen LogP contribution >= 0.6 is 0 Å². The Labute approximate surface area is 109 Å². The van der Waals surface area contributed by atoms with Crippen molar-refractivity contribution in [1.29, 1.82) is 0 Å². The van der Waals surface area contributed by atoms with E-state index >= 15 is 0 Å². The van der Waals surface area contributed by atoms with Crippen molar-refractivity contribution in [2.75, 3.05) is 27.3 Å². The number of aromatic nitrogens is 1. The van der Waals surface area contributed by atoms with Gasteiger partial charge in [-0.1, -0.05) is 6.07 Å². The van der Waals surface area contributed by atoms with Crippen LogP contribution in [0.5, 0.6) is 0 Å². The Balaban J connectivity index is 1.87. The fraction of sp³-hybridized carbons (Fsp3) is 0.643. The molecule has 4 nitrogen and oxygen atoms in total. The van der Waals surface area contributed by atoms with Gasteiger partial charge in [-0.15, -0.1) is 0 Å². The summed E-state index contributed by atoms with van der Waals surface area (Å²) in [5.74, 6) is 0. The van der Waals surface area contributed by atoms with E-state index in [1.165, 1.54) is 5.56 Å². The summed E-state index contributed by atoms with van der Waals surface area (Å²) in [7, 11) is 4.13. The lowest BCUT2D eigenvalue weighted by atomic mass is 10.1. The zero-order valence-corrected chi connectivity index (χ0v) is 11.4. The zero-order valence-electron chi connectivity index (χ0n) is 11.4. The maximum absolute atomic E-state index is 5.39. The second-order valence-electron chi connectivity index (χ2n) is 4.95. The molecule has 1 N–H and O–H groups in total. The van der Waals surface area contributed by atoms with Gasteiger partial charge >= 0.3 is 0 Å². The highest BCUT2D eigenvalue weighted by Gasteiger charge is 2.18. The van der Waals surface area contributed by atoms with Gasteiger partial charge in [0.05, 0.1) is 5.69 Å². The third-order valence-corrected chi connectivity index (χ3v) is 3.49. The molecule has 1 fully saturated rings. The first-order valence-electron chi connectivity index (χ1n) is 6.66. The smallest absolute Gasteiger partial charge is 0.0544 e. The van der Waals surface area contributed by atoms with Crippen molar-refractivity contribution in [2.45, 2.75) is 32.0 Å². The third-order valence-electron chi connectivity index (χ3n) is 3.49. The molecule has 0 spiro atoms. The Morgan fingerprint density at radius 1 is 1.39 bits per heavy atom. The van der Waals surface area contributed by atoms with Gasteiger partial charge in [0.2, 0.25) is 0 Å². The lowest BCUT2D eigenvalue weighted by molar-refractivity contribution is 0.0403. The fourth-order valence-corrected chi connectivity index (χ4v) is 2.37. The molecule has 2 rings (SSSR count). The van der Waals surface area contributed by atoms with Crippen molar-refractivity contribution in [1.82, 2.24) is 15.2 Å². The van der Waals surface area contributed by atoms with Crippen LogP contribution in [0.2, 0.25) is 0 Å². The number of ether oxygens (including phenoxy) is 1. The molecule has 1 aromatic heterocycles. The van der Waals surface area contributed by atoms with Crippen LogP contribution in [0.25, 0.3) is 0 Å². The second-order valence-corrected chi connectivity index (χ2v) is 4.95. The van der Waals surface area contributed by atoms with E-state index < -0.39 is 0 Å². The maximum atomic E-state index is 5.39. The molecule has 1 saturated heterocycles. The van der Waals surface area contributed by atoms with Gasteiger partial charge in [-0.2, -0.15) is 0 Å². The molecule has 0 aliphatic carbocycles. The van der Waals surface area contributed by atoms with Crippen molar-refractivity contribution in [3.63, 3.8) is 0 Å². The largest absolute Gasteiger partial charge is 0.381 e. The van der Waals surface area contributed by atoms with Crippen molar-refractivity contribution in [3.05, 3.63) is 29.6 Å². The number of hydrogen-bond donors (Lipinski definition) is 1. The minimum atomic E-state index is 0.637. The van der Waals surface area contributed by atoms with Crippen molar-refractivity contribution >= 4 is 0 Å². The Morgan fingerprint density at radius 2 is 2.17 bits per heavy atom. The molecule has 0 saturated carbocycles. The fourth-order valence-electron chi connectivity index (χ4n) is 2.37. The van der Waals surface area contributed by atoms with E-state index in [1.807, 2.05) is 13.2 Å². The standard InChI is InChI=1S/C14H23N3O/c1-15-9-12-3-4-13(16-10-12)11-17(2)14-5-7-18-8-6-14/h3-4,10,14-15H,5-9,11H2,1-2H3. The number of rotatable bonds is 5. The lowest BCUT2D eigenvalue weighted by Crippen LogP contribution is -2.36. The van der Waals surface area contributed by atoms with Crippen LogP contribution < -0.4 is 5.32 Å². The summed E-state index contributed by atoms with van der Waals surface area (Å²) in [5, 5.41) is 3.13. The molecule has 4 heteroatoms. The van der Waals surface area contributed by atoms with Gasteiger partial charge in [0.1, 0.15) is 0 Å². The summed E-state index contributed by atoms with van der Waals surface area (Å²) in [6, 6.07) is 4.91. The number of nitrogens with zero attached hydrogens (tertiary/aromatic N) is 2. The van der Waals surface area contributed by atoms with Gasteiger partial charge < -0.3 is 10.1 Å². The van der Waals surface area contributed by atoms with Gasteiger partial charge in [0, 0.05) is 38.5 Å². The molecule has 0 amide bonds. The average molecular weight is 249 g/mol. The lowest BCUT2D eigenvalue weighted by Gasteiger charge is -2.30. The molecule has 100 valence electrons. The SMILES string of the molecule is CNCc1ccc(CN(C)C2CCOCC2)nc1. The first kappa shape index (κ1) is 13.5. The first-order chi connectivity index (χ1) is 8.79. The molecular weight excluding hydrogens is 226 g/mol. The molecule has 1 aliphatic rings. The van der Waals surface area contributed by atoms with Crippen molar-refractivity contribution in [2.24, 2.45) is 0 Å². The van der Waals surface area contributed by atoms with Gasteiger partial charge in [-0.3, -0.25) is 9.88 Å². The number of pyridine rings is 1. The summed E-state index contributed by atoms with van der Waals surface area (Å²) in [5.41, 5.74) is 2.37. The molecule has 1 aromatic rings. The average Bonchev–Trinajstić information content (AvgIpc) is 2.42. The van der Waals surface area contributed by atoms with Crippen molar-refractivity contribution < 1.29 is 4.74 Å². The van der Waals surface area contributed by atoms with Crippen LogP contribution in [0.3, 0.4) is 0 Å². The van der Waals surface area contributed by atoms with E-state index in [2.05, 4.69) is 34.4 Å². The minimum Gasteiger partial charge on any atom is -0.381 e. The predicted molar refractivity (Wildman–Crippen MR) is 72.3 cm³/mol. The van der Waals surface area contributed by atoms with Crippen LogP contribution in [0.4, 0.5) is 0 Å². The van der Waals surface area contributed by atoms with E-state index in [4.69, 9.17) is 4.74 Å². The number of hydrogen-bond acceptors (Lipinski definition) is 4. The highest BCUT2D eigenvalue weighted by molar-refractivity contribution is 5.13.